The molecule has 0 saturated carbocycles. The summed E-state index contributed by atoms with van der Waals surface area (Å²) in [6, 6.07) is 4.59. The van der Waals surface area contributed by atoms with Crippen LogP contribution in [0.1, 0.15) is 6.92 Å². The predicted molar refractivity (Wildman–Crippen MR) is 81.6 cm³/mol. The van der Waals surface area contributed by atoms with Crippen molar-refractivity contribution in [1.82, 2.24) is 5.32 Å². The second-order valence-electron chi connectivity index (χ2n) is 4.52. The molecule has 1 aromatic rings. The summed E-state index contributed by atoms with van der Waals surface area (Å²) in [5.74, 6) is -0.327. The van der Waals surface area contributed by atoms with Crippen LogP contribution in [-0.4, -0.2) is 34.2 Å². The van der Waals surface area contributed by atoms with Gasteiger partial charge in [0.2, 0.25) is 15.9 Å². The zero-order valence-corrected chi connectivity index (χ0v) is 13.1. The van der Waals surface area contributed by atoms with Crippen LogP contribution in [0.15, 0.2) is 18.2 Å². The maximum atomic E-state index is 11.8. The summed E-state index contributed by atoms with van der Waals surface area (Å²) < 4.78 is 24.6. The van der Waals surface area contributed by atoms with Crippen molar-refractivity contribution in [3.8, 4) is 0 Å². The van der Waals surface area contributed by atoms with Gasteiger partial charge in [0.1, 0.15) is 0 Å². The van der Waals surface area contributed by atoms with Crippen molar-refractivity contribution in [3.05, 3.63) is 23.2 Å². The van der Waals surface area contributed by atoms with Crippen LogP contribution in [0.5, 0.6) is 0 Å². The summed E-state index contributed by atoms with van der Waals surface area (Å²) in [6.45, 7) is 2.36. The Kier molecular flexibility index (Phi) is 5.79. The maximum absolute atomic E-state index is 11.8. The van der Waals surface area contributed by atoms with Crippen LogP contribution < -0.4 is 15.4 Å². The molecule has 0 saturated heterocycles. The Bertz CT molecular complexity index is 590. The average molecular weight is 320 g/mol. The molecule has 0 fully saturated rings. The zero-order valence-electron chi connectivity index (χ0n) is 11.5. The number of benzene rings is 1. The fraction of sp³-hybridized carbons (Fsp3) is 0.417. The average Bonchev–Trinajstić information content (AvgIpc) is 2.31. The van der Waals surface area contributed by atoms with E-state index < -0.39 is 10.0 Å². The van der Waals surface area contributed by atoms with Crippen LogP contribution in [0, 0.1) is 5.92 Å². The normalized spacial score (nSPS) is 12.8. The van der Waals surface area contributed by atoms with Crippen LogP contribution in [0.2, 0.25) is 5.02 Å². The molecule has 1 unspecified atom stereocenters. The van der Waals surface area contributed by atoms with E-state index in [0.717, 1.165) is 6.26 Å². The van der Waals surface area contributed by atoms with Crippen molar-refractivity contribution in [1.29, 1.82) is 0 Å². The SMILES string of the molecule is CNCC(C)C(=O)Nc1ccc(NS(C)(=O)=O)c(Cl)c1. The maximum Gasteiger partial charge on any atom is 0.229 e. The number of carbonyl (C=O) groups is 1. The number of sulfonamides is 1. The van der Waals surface area contributed by atoms with Gasteiger partial charge in [0.05, 0.1) is 17.0 Å². The summed E-state index contributed by atoms with van der Waals surface area (Å²) >= 11 is 5.97. The van der Waals surface area contributed by atoms with Gasteiger partial charge in [-0.3, -0.25) is 9.52 Å². The Morgan fingerprint density at radius 1 is 1.40 bits per heavy atom. The lowest BCUT2D eigenvalue weighted by Crippen LogP contribution is -2.28. The molecule has 0 aliphatic rings. The summed E-state index contributed by atoms with van der Waals surface area (Å²) in [5, 5.41) is 5.85. The van der Waals surface area contributed by atoms with Gasteiger partial charge < -0.3 is 10.6 Å². The van der Waals surface area contributed by atoms with Crippen LogP contribution in [0.4, 0.5) is 11.4 Å². The van der Waals surface area contributed by atoms with Crippen LogP contribution in [-0.2, 0) is 14.8 Å². The standard InChI is InChI=1S/C12H18ClN3O3S/c1-8(7-14-2)12(17)15-9-4-5-11(10(13)6-9)16-20(3,18)19/h4-6,8,14,16H,7H2,1-3H3,(H,15,17). The van der Waals surface area contributed by atoms with Crippen molar-refractivity contribution < 1.29 is 13.2 Å². The first-order chi connectivity index (χ1) is 9.23. The van der Waals surface area contributed by atoms with E-state index in [1.54, 1.807) is 20.0 Å². The molecule has 0 heterocycles. The summed E-state index contributed by atoms with van der Waals surface area (Å²) in [4.78, 5) is 11.8. The third-order valence-corrected chi connectivity index (χ3v) is 3.39. The zero-order chi connectivity index (χ0) is 15.3. The Morgan fingerprint density at radius 3 is 2.55 bits per heavy atom. The second-order valence-corrected chi connectivity index (χ2v) is 6.67. The fourth-order valence-corrected chi connectivity index (χ4v) is 2.40. The minimum Gasteiger partial charge on any atom is -0.326 e. The summed E-state index contributed by atoms with van der Waals surface area (Å²) in [7, 11) is -1.62. The van der Waals surface area contributed by atoms with Gasteiger partial charge in [0.15, 0.2) is 0 Å². The van der Waals surface area contributed by atoms with Crippen LogP contribution in [0.3, 0.4) is 0 Å². The van der Waals surface area contributed by atoms with E-state index in [4.69, 9.17) is 11.6 Å². The van der Waals surface area contributed by atoms with E-state index in [2.05, 4.69) is 15.4 Å². The second kappa shape index (κ2) is 6.92. The van der Waals surface area contributed by atoms with E-state index in [1.165, 1.54) is 12.1 Å². The molecule has 1 aromatic carbocycles. The molecule has 0 spiro atoms. The fourth-order valence-electron chi connectivity index (χ4n) is 1.54. The summed E-state index contributed by atoms with van der Waals surface area (Å²) in [5.41, 5.74) is 0.789. The van der Waals surface area contributed by atoms with E-state index in [9.17, 15) is 13.2 Å². The van der Waals surface area contributed by atoms with E-state index in [1.807, 2.05) is 0 Å². The smallest absolute Gasteiger partial charge is 0.229 e. The molecular formula is C12H18ClN3O3S. The third-order valence-electron chi connectivity index (χ3n) is 2.49. The highest BCUT2D eigenvalue weighted by Crippen LogP contribution is 2.26. The molecular weight excluding hydrogens is 302 g/mol. The van der Waals surface area contributed by atoms with Gasteiger partial charge in [-0.2, -0.15) is 0 Å². The van der Waals surface area contributed by atoms with Crippen LogP contribution in [0.25, 0.3) is 0 Å². The molecule has 1 atom stereocenters. The Labute approximate surface area is 123 Å². The van der Waals surface area contributed by atoms with Gasteiger partial charge in [0.25, 0.3) is 0 Å². The number of hydrogen-bond acceptors (Lipinski definition) is 4. The molecule has 1 rings (SSSR count). The molecule has 8 heteroatoms. The number of nitrogens with one attached hydrogen (secondary N) is 3. The predicted octanol–water partition coefficient (Wildman–Crippen LogP) is 1.51. The number of rotatable bonds is 6. The van der Waals surface area contributed by atoms with Crippen molar-refractivity contribution in [2.75, 3.05) is 29.9 Å². The van der Waals surface area contributed by atoms with Crippen molar-refractivity contribution in [3.63, 3.8) is 0 Å². The first-order valence-corrected chi connectivity index (χ1v) is 8.22. The van der Waals surface area contributed by atoms with Gasteiger partial charge in [-0.25, -0.2) is 8.42 Å². The molecule has 0 aromatic heterocycles. The number of anilines is 2. The highest BCUT2D eigenvalue weighted by molar-refractivity contribution is 7.92. The molecule has 1 amide bonds. The quantitative estimate of drug-likeness (QED) is 0.741. The number of amides is 1. The molecule has 112 valence electrons. The molecule has 6 nitrogen and oxygen atoms in total. The van der Waals surface area contributed by atoms with Gasteiger partial charge in [-0.15, -0.1) is 0 Å². The lowest BCUT2D eigenvalue weighted by Gasteiger charge is -2.13. The number of carbonyl (C=O) groups excluding carboxylic acids is 1. The monoisotopic (exact) mass is 319 g/mol. The van der Waals surface area contributed by atoms with Gasteiger partial charge in [0, 0.05) is 18.2 Å². The Hall–Kier alpha value is -1.31. The van der Waals surface area contributed by atoms with Crippen molar-refractivity contribution in [2.24, 2.45) is 5.92 Å². The Balaban J connectivity index is 2.80. The molecule has 3 N–H and O–H groups in total. The number of hydrogen-bond donors (Lipinski definition) is 3. The topological polar surface area (TPSA) is 87.3 Å². The molecule has 0 radical (unpaired) electrons. The number of halogens is 1. The van der Waals surface area contributed by atoms with E-state index in [0.29, 0.717) is 12.2 Å². The molecule has 0 aliphatic carbocycles. The highest BCUT2D eigenvalue weighted by Gasteiger charge is 2.13. The van der Waals surface area contributed by atoms with Gasteiger partial charge >= 0.3 is 0 Å². The van der Waals surface area contributed by atoms with Crippen molar-refractivity contribution in [2.45, 2.75) is 6.92 Å². The molecule has 0 aliphatic heterocycles. The van der Waals surface area contributed by atoms with Crippen molar-refractivity contribution >= 4 is 38.9 Å². The van der Waals surface area contributed by atoms with Gasteiger partial charge in [-0.05, 0) is 25.2 Å². The third kappa shape index (κ3) is 5.36. The lowest BCUT2D eigenvalue weighted by molar-refractivity contribution is -0.119. The molecule has 0 bridgehead atoms. The highest BCUT2D eigenvalue weighted by atomic mass is 35.5. The van der Waals surface area contributed by atoms with Crippen LogP contribution >= 0.6 is 11.6 Å². The summed E-state index contributed by atoms with van der Waals surface area (Å²) in [6.07, 6.45) is 1.04. The minimum atomic E-state index is -3.39. The lowest BCUT2D eigenvalue weighted by atomic mass is 10.1. The first-order valence-electron chi connectivity index (χ1n) is 5.95. The van der Waals surface area contributed by atoms with E-state index >= 15 is 0 Å². The minimum absolute atomic E-state index is 0.140. The van der Waals surface area contributed by atoms with E-state index in [-0.39, 0.29) is 22.5 Å². The molecule has 20 heavy (non-hydrogen) atoms. The van der Waals surface area contributed by atoms with Gasteiger partial charge in [-0.1, -0.05) is 18.5 Å². The first kappa shape index (κ1) is 16.7. The largest absolute Gasteiger partial charge is 0.326 e. The Morgan fingerprint density at radius 2 is 2.05 bits per heavy atom.